The molecule has 0 saturated carbocycles. The van der Waals surface area contributed by atoms with Crippen molar-refractivity contribution in [2.24, 2.45) is 0 Å². The van der Waals surface area contributed by atoms with Gasteiger partial charge >= 0.3 is 0 Å². The summed E-state index contributed by atoms with van der Waals surface area (Å²) in [6.07, 6.45) is 1.58. The van der Waals surface area contributed by atoms with Gasteiger partial charge in [0, 0.05) is 17.1 Å². The van der Waals surface area contributed by atoms with Crippen LogP contribution in [0.4, 0.5) is 11.4 Å². The van der Waals surface area contributed by atoms with Gasteiger partial charge in [-0.3, -0.25) is 9.10 Å². The van der Waals surface area contributed by atoms with Crippen LogP contribution in [0.25, 0.3) is 0 Å². The number of hydrogen-bond donors (Lipinski definition) is 1. The highest BCUT2D eigenvalue weighted by atomic mass is 35.5. The summed E-state index contributed by atoms with van der Waals surface area (Å²) >= 11 is 6.02. The molecule has 6 nitrogen and oxygen atoms in total. The molecule has 31 heavy (non-hydrogen) atoms. The van der Waals surface area contributed by atoms with Crippen LogP contribution in [0.1, 0.15) is 22.3 Å². The summed E-state index contributed by atoms with van der Waals surface area (Å²) in [5.41, 5.74) is 2.30. The second-order valence-corrected chi connectivity index (χ2v) is 9.43. The number of carbonyl (C=O) groups is 1. The molecule has 0 atom stereocenters. The highest BCUT2D eigenvalue weighted by molar-refractivity contribution is 7.92. The van der Waals surface area contributed by atoms with Crippen LogP contribution in [0.15, 0.2) is 71.6 Å². The Morgan fingerprint density at radius 2 is 1.87 bits per heavy atom. The predicted molar refractivity (Wildman–Crippen MR) is 122 cm³/mol. The van der Waals surface area contributed by atoms with E-state index in [9.17, 15) is 13.2 Å². The van der Waals surface area contributed by atoms with Crippen LogP contribution in [0, 0.1) is 0 Å². The molecular weight excluding hydrogens is 436 g/mol. The summed E-state index contributed by atoms with van der Waals surface area (Å²) in [7, 11) is -2.33. The summed E-state index contributed by atoms with van der Waals surface area (Å²) in [4.78, 5) is 12.9. The van der Waals surface area contributed by atoms with Crippen LogP contribution >= 0.6 is 11.6 Å². The minimum absolute atomic E-state index is 0.0647. The largest absolute Gasteiger partial charge is 0.495 e. The van der Waals surface area contributed by atoms with Gasteiger partial charge in [0.2, 0.25) is 0 Å². The first-order valence-electron chi connectivity index (χ1n) is 9.76. The van der Waals surface area contributed by atoms with Crippen molar-refractivity contribution in [1.29, 1.82) is 0 Å². The first-order chi connectivity index (χ1) is 14.9. The molecule has 1 amide bonds. The van der Waals surface area contributed by atoms with Gasteiger partial charge in [-0.25, -0.2) is 8.42 Å². The number of carbonyl (C=O) groups excluding carboxylic acids is 1. The summed E-state index contributed by atoms with van der Waals surface area (Å²) in [5, 5.41) is 3.18. The molecular formula is C23H21ClN2O4S. The molecule has 0 spiro atoms. The first kappa shape index (κ1) is 21.2. The molecule has 1 heterocycles. The van der Waals surface area contributed by atoms with Crippen molar-refractivity contribution in [1.82, 2.24) is 0 Å². The predicted octanol–water partition coefficient (Wildman–Crippen LogP) is 4.74. The van der Waals surface area contributed by atoms with Gasteiger partial charge in [-0.05, 0) is 60.9 Å². The highest BCUT2D eigenvalue weighted by Gasteiger charge is 2.29. The smallest absolute Gasteiger partial charge is 0.264 e. The number of methoxy groups -OCH3 is 1. The molecule has 160 valence electrons. The second-order valence-electron chi connectivity index (χ2n) is 7.14. The topological polar surface area (TPSA) is 75.7 Å². The number of ether oxygens (including phenoxy) is 1. The van der Waals surface area contributed by atoms with Gasteiger partial charge < -0.3 is 10.1 Å². The van der Waals surface area contributed by atoms with E-state index in [0.29, 0.717) is 28.7 Å². The van der Waals surface area contributed by atoms with Crippen molar-refractivity contribution in [3.05, 3.63) is 82.9 Å². The summed E-state index contributed by atoms with van der Waals surface area (Å²) in [5.74, 6) is -0.0110. The minimum Gasteiger partial charge on any atom is -0.495 e. The van der Waals surface area contributed by atoms with Crippen molar-refractivity contribution >= 4 is 38.9 Å². The van der Waals surface area contributed by atoms with Crippen LogP contribution < -0.4 is 14.4 Å². The highest BCUT2D eigenvalue weighted by Crippen LogP contribution is 2.32. The van der Waals surface area contributed by atoms with E-state index in [1.54, 1.807) is 30.3 Å². The lowest BCUT2D eigenvalue weighted by Gasteiger charge is -2.30. The average Bonchev–Trinajstić information content (AvgIpc) is 2.79. The Bertz CT molecular complexity index is 1240. The number of nitrogens with one attached hydrogen (secondary N) is 1. The first-order valence-corrected chi connectivity index (χ1v) is 11.6. The number of anilines is 2. The van der Waals surface area contributed by atoms with Crippen molar-refractivity contribution in [3.63, 3.8) is 0 Å². The van der Waals surface area contributed by atoms with E-state index < -0.39 is 15.9 Å². The third-order valence-electron chi connectivity index (χ3n) is 5.16. The van der Waals surface area contributed by atoms with Crippen LogP contribution in [0.3, 0.4) is 0 Å². The molecule has 8 heteroatoms. The van der Waals surface area contributed by atoms with Gasteiger partial charge in [0.15, 0.2) is 0 Å². The fourth-order valence-corrected chi connectivity index (χ4v) is 5.41. The molecule has 0 aromatic heterocycles. The van der Waals surface area contributed by atoms with E-state index in [0.717, 1.165) is 18.4 Å². The molecule has 1 N–H and O–H groups in total. The Morgan fingerprint density at radius 1 is 1.06 bits per heavy atom. The van der Waals surface area contributed by atoms with Crippen LogP contribution in [-0.4, -0.2) is 28.0 Å². The van der Waals surface area contributed by atoms with Crippen molar-refractivity contribution < 1.29 is 17.9 Å². The van der Waals surface area contributed by atoms with Crippen LogP contribution in [-0.2, 0) is 16.4 Å². The quantitative estimate of drug-likeness (QED) is 0.601. The zero-order valence-electron chi connectivity index (χ0n) is 16.8. The zero-order chi connectivity index (χ0) is 22.0. The van der Waals surface area contributed by atoms with Crippen LogP contribution in [0.5, 0.6) is 5.75 Å². The van der Waals surface area contributed by atoms with Crippen molar-refractivity contribution in [2.75, 3.05) is 23.3 Å². The number of benzene rings is 3. The molecule has 3 aromatic carbocycles. The number of sulfonamides is 1. The molecule has 0 bridgehead atoms. The monoisotopic (exact) mass is 456 g/mol. The SMILES string of the molecule is COc1ccc(Cl)cc1NC(=O)c1cccc(S(=O)(=O)N2CCCc3ccccc32)c1. The van der Waals surface area contributed by atoms with E-state index in [1.165, 1.54) is 23.5 Å². The normalized spacial score (nSPS) is 13.4. The Hall–Kier alpha value is -3.03. The third-order valence-corrected chi connectivity index (χ3v) is 7.21. The number of hydrogen-bond acceptors (Lipinski definition) is 4. The second kappa shape index (κ2) is 8.61. The Labute approximate surface area is 186 Å². The molecule has 1 aliphatic rings. The van der Waals surface area contributed by atoms with Gasteiger partial charge in [-0.1, -0.05) is 35.9 Å². The number of fused-ring (bicyclic) bond motifs is 1. The van der Waals surface area contributed by atoms with Gasteiger partial charge in [0.1, 0.15) is 5.75 Å². The number of rotatable bonds is 5. The van der Waals surface area contributed by atoms with Crippen molar-refractivity contribution in [3.8, 4) is 5.75 Å². The molecule has 0 aliphatic carbocycles. The lowest BCUT2D eigenvalue weighted by Crippen LogP contribution is -2.35. The van der Waals surface area contributed by atoms with Crippen LogP contribution in [0.2, 0.25) is 5.02 Å². The Morgan fingerprint density at radius 3 is 2.68 bits per heavy atom. The van der Waals surface area contributed by atoms with E-state index in [4.69, 9.17) is 16.3 Å². The molecule has 0 unspecified atom stereocenters. The molecule has 0 radical (unpaired) electrons. The number of nitrogens with zero attached hydrogens (tertiary/aromatic N) is 1. The lowest BCUT2D eigenvalue weighted by molar-refractivity contribution is 0.102. The maximum Gasteiger partial charge on any atom is 0.264 e. The van der Waals surface area contributed by atoms with E-state index in [-0.39, 0.29) is 10.5 Å². The Balaban J connectivity index is 1.65. The standard InChI is InChI=1S/C23H21ClN2O4S/c1-30-22-12-11-18(24)15-20(22)25-23(27)17-7-4-9-19(14-17)31(28,29)26-13-5-8-16-6-2-3-10-21(16)26/h2-4,6-7,9-12,14-15H,5,8,13H2,1H3,(H,25,27). The van der Waals surface area contributed by atoms with Gasteiger partial charge in [-0.2, -0.15) is 0 Å². The summed E-state index contributed by atoms with van der Waals surface area (Å²) < 4.78 is 33.4. The molecule has 1 aliphatic heterocycles. The number of amides is 1. The van der Waals surface area contributed by atoms with Gasteiger partial charge in [0.25, 0.3) is 15.9 Å². The van der Waals surface area contributed by atoms with E-state index >= 15 is 0 Å². The summed E-state index contributed by atoms with van der Waals surface area (Å²) in [6, 6.07) is 18.4. The van der Waals surface area contributed by atoms with E-state index in [2.05, 4.69) is 5.32 Å². The fraction of sp³-hybridized carbons (Fsp3) is 0.174. The number of para-hydroxylation sites is 1. The lowest BCUT2D eigenvalue weighted by atomic mass is 10.0. The molecule has 4 rings (SSSR count). The number of aryl methyl sites for hydroxylation is 1. The maximum absolute atomic E-state index is 13.4. The maximum atomic E-state index is 13.4. The molecule has 0 fully saturated rings. The fourth-order valence-electron chi connectivity index (χ4n) is 3.65. The molecule has 3 aromatic rings. The Kier molecular flexibility index (Phi) is 5.89. The third kappa shape index (κ3) is 4.24. The average molecular weight is 457 g/mol. The van der Waals surface area contributed by atoms with Crippen molar-refractivity contribution in [2.45, 2.75) is 17.7 Å². The molecule has 0 saturated heterocycles. The zero-order valence-corrected chi connectivity index (χ0v) is 18.4. The van der Waals surface area contributed by atoms with Gasteiger partial charge in [0.05, 0.1) is 23.4 Å². The van der Waals surface area contributed by atoms with E-state index in [1.807, 2.05) is 24.3 Å². The minimum atomic E-state index is -3.82. The number of halogens is 1. The summed E-state index contributed by atoms with van der Waals surface area (Å²) in [6.45, 7) is 0.398. The van der Waals surface area contributed by atoms with Gasteiger partial charge in [-0.15, -0.1) is 0 Å².